The van der Waals surface area contributed by atoms with Crippen LogP contribution in [0.5, 0.6) is 11.5 Å². The van der Waals surface area contributed by atoms with Crippen molar-refractivity contribution in [1.29, 1.82) is 0 Å². The lowest BCUT2D eigenvalue weighted by molar-refractivity contribution is 0.0744. The largest absolute Gasteiger partial charge is 0.497 e. The Morgan fingerprint density at radius 1 is 1.18 bits per heavy atom. The quantitative estimate of drug-likeness (QED) is 0.924. The molecular weight excluding hydrogens is 304 g/mol. The number of rotatable bonds is 3. The van der Waals surface area contributed by atoms with E-state index in [1.165, 1.54) is 6.42 Å². The van der Waals surface area contributed by atoms with Crippen LogP contribution in [-0.2, 0) is 0 Å². The first kappa shape index (κ1) is 16.9. The fraction of sp³-hybridized carbons (Fsp3) is 0.562. The molecule has 2 aliphatic rings. The van der Waals surface area contributed by atoms with Crippen molar-refractivity contribution in [3.63, 3.8) is 0 Å². The van der Waals surface area contributed by atoms with Crippen molar-refractivity contribution in [3.8, 4) is 11.5 Å². The van der Waals surface area contributed by atoms with Crippen molar-refractivity contribution in [2.45, 2.75) is 31.3 Å². The lowest BCUT2D eigenvalue weighted by Crippen LogP contribution is -2.39. The molecule has 1 N–H and O–H groups in total. The maximum Gasteiger partial charge on any atom is 0.257 e. The molecule has 2 heterocycles. The van der Waals surface area contributed by atoms with Crippen molar-refractivity contribution in [2.24, 2.45) is 0 Å². The predicted molar refractivity (Wildman–Crippen MR) is 87.3 cm³/mol. The molecule has 3 rings (SSSR count). The van der Waals surface area contributed by atoms with Crippen LogP contribution in [0.3, 0.4) is 0 Å². The smallest absolute Gasteiger partial charge is 0.257 e. The minimum atomic E-state index is 0. The molecule has 0 saturated carbocycles. The number of carbonyl (C=O) groups excluding carboxylic acids is 1. The zero-order valence-corrected chi connectivity index (χ0v) is 13.8. The summed E-state index contributed by atoms with van der Waals surface area (Å²) in [5.74, 6) is 1.30. The second kappa shape index (κ2) is 7.20. The van der Waals surface area contributed by atoms with Crippen LogP contribution in [0.25, 0.3) is 0 Å². The van der Waals surface area contributed by atoms with Crippen LogP contribution in [0.1, 0.15) is 29.6 Å². The standard InChI is InChI=1S/C16H22N2O3.ClH/c1-20-13-5-6-15(21-2)14(9-13)16(19)18-8-7-11-3-4-12(10-18)17-11;/h5-6,9,11-12,17H,3-4,7-8,10H2,1-2H3;1H. The number of nitrogens with zero attached hydrogens (tertiary/aromatic N) is 1. The van der Waals surface area contributed by atoms with E-state index >= 15 is 0 Å². The molecule has 2 bridgehead atoms. The van der Waals surface area contributed by atoms with Gasteiger partial charge in [-0.25, -0.2) is 0 Å². The van der Waals surface area contributed by atoms with Crippen LogP contribution in [0.15, 0.2) is 18.2 Å². The van der Waals surface area contributed by atoms with E-state index in [1.54, 1.807) is 26.4 Å². The number of amides is 1. The number of hydrogen-bond donors (Lipinski definition) is 1. The molecule has 22 heavy (non-hydrogen) atoms. The molecule has 0 radical (unpaired) electrons. The Hall–Kier alpha value is -1.46. The van der Waals surface area contributed by atoms with Gasteiger partial charge in [0.15, 0.2) is 0 Å². The van der Waals surface area contributed by atoms with Gasteiger partial charge >= 0.3 is 0 Å². The van der Waals surface area contributed by atoms with Gasteiger partial charge in [-0.15, -0.1) is 12.4 Å². The lowest BCUT2D eigenvalue weighted by Gasteiger charge is -2.25. The van der Waals surface area contributed by atoms with Crippen molar-refractivity contribution >= 4 is 18.3 Å². The van der Waals surface area contributed by atoms with E-state index in [0.717, 1.165) is 25.9 Å². The van der Waals surface area contributed by atoms with E-state index in [9.17, 15) is 4.79 Å². The van der Waals surface area contributed by atoms with Gasteiger partial charge < -0.3 is 19.7 Å². The zero-order chi connectivity index (χ0) is 14.8. The van der Waals surface area contributed by atoms with Gasteiger partial charge in [0.25, 0.3) is 5.91 Å². The topological polar surface area (TPSA) is 50.8 Å². The maximum absolute atomic E-state index is 12.8. The molecule has 5 nitrogen and oxygen atoms in total. The molecule has 2 fully saturated rings. The third-order valence-corrected chi connectivity index (χ3v) is 4.45. The average Bonchev–Trinajstić information content (AvgIpc) is 2.85. The Balaban J connectivity index is 0.00000176. The Morgan fingerprint density at radius 3 is 2.68 bits per heavy atom. The minimum Gasteiger partial charge on any atom is -0.497 e. The summed E-state index contributed by atoms with van der Waals surface area (Å²) in [5.41, 5.74) is 0.578. The summed E-state index contributed by atoms with van der Waals surface area (Å²) in [6.45, 7) is 1.57. The molecule has 122 valence electrons. The van der Waals surface area contributed by atoms with E-state index in [1.807, 2.05) is 11.0 Å². The molecule has 6 heteroatoms. The highest BCUT2D eigenvalue weighted by molar-refractivity contribution is 5.97. The Bertz CT molecular complexity index is 538. The molecule has 2 atom stereocenters. The van der Waals surface area contributed by atoms with Crippen LogP contribution in [0.4, 0.5) is 0 Å². The van der Waals surface area contributed by atoms with E-state index in [2.05, 4.69) is 5.32 Å². The van der Waals surface area contributed by atoms with Crippen LogP contribution in [0, 0.1) is 0 Å². The van der Waals surface area contributed by atoms with Crippen molar-refractivity contribution in [3.05, 3.63) is 23.8 Å². The number of methoxy groups -OCH3 is 2. The summed E-state index contributed by atoms with van der Waals surface area (Å²) < 4.78 is 10.6. The molecule has 0 spiro atoms. The number of likely N-dealkylation sites (tertiary alicyclic amines) is 1. The monoisotopic (exact) mass is 326 g/mol. The third-order valence-electron chi connectivity index (χ3n) is 4.45. The van der Waals surface area contributed by atoms with Gasteiger partial charge in [-0.3, -0.25) is 4.79 Å². The van der Waals surface area contributed by atoms with Crippen LogP contribution in [-0.4, -0.2) is 50.2 Å². The first-order valence-electron chi connectivity index (χ1n) is 7.48. The van der Waals surface area contributed by atoms with Crippen molar-refractivity contribution < 1.29 is 14.3 Å². The molecule has 1 aromatic carbocycles. The minimum absolute atomic E-state index is 0. The number of benzene rings is 1. The van der Waals surface area contributed by atoms with E-state index < -0.39 is 0 Å². The SMILES string of the molecule is COc1ccc(OC)c(C(=O)N2CCC3CCC(C2)N3)c1.Cl. The molecule has 0 aliphatic carbocycles. The van der Waals surface area contributed by atoms with Gasteiger partial charge in [-0.2, -0.15) is 0 Å². The normalized spacial score (nSPS) is 23.5. The highest BCUT2D eigenvalue weighted by Crippen LogP contribution is 2.27. The third kappa shape index (κ3) is 3.31. The van der Waals surface area contributed by atoms with Gasteiger partial charge in [0.2, 0.25) is 0 Å². The number of carbonyl (C=O) groups is 1. The van der Waals surface area contributed by atoms with E-state index in [0.29, 0.717) is 29.1 Å². The fourth-order valence-electron chi connectivity index (χ4n) is 3.28. The zero-order valence-electron chi connectivity index (χ0n) is 13.0. The second-order valence-corrected chi connectivity index (χ2v) is 5.74. The number of nitrogens with one attached hydrogen (secondary N) is 1. The Kier molecular flexibility index (Phi) is 5.53. The van der Waals surface area contributed by atoms with E-state index in [-0.39, 0.29) is 18.3 Å². The Morgan fingerprint density at radius 2 is 1.95 bits per heavy atom. The first-order chi connectivity index (χ1) is 10.2. The lowest BCUT2D eigenvalue weighted by atomic mass is 10.1. The number of halogens is 1. The van der Waals surface area contributed by atoms with Gasteiger partial charge in [-0.05, 0) is 37.5 Å². The van der Waals surface area contributed by atoms with Gasteiger partial charge in [0.05, 0.1) is 19.8 Å². The highest BCUT2D eigenvalue weighted by atomic mass is 35.5. The summed E-state index contributed by atoms with van der Waals surface area (Å²) in [4.78, 5) is 14.8. The van der Waals surface area contributed by atoms with Gasteiger partial charge in [0.1, 0.15) is 11.5 Å². The summed E-state index contributed by atoms with van der Waals surface area (Å²) in [6.07, 6.45) is 3.41. The van der Waals surface area contributed by atoms with Gasteiger partial charge in [-0.1, -0.05) is 0 Å². The second-order valence-electron chi connectivity index (χ2n) is 5.74. The number of hydrogen-bond acceptors (Lipinski definition) is 4. The molecule has 2 unspecified atom stereocenters. The molecule has 2 saturated heterocycles. The van der Waals surface area contributed by atoms with Gasteiger partial charge in [0, 0.05) is 25.2 Å². The van der Waals surface area contributed by atoms with Crippen molar-refractivity contribution in [1.82, 2.24) is 10.2 Å². The fourth-order valence-corrected chi connectivity index (χ4v) is 3.28. The van der Waals surface area contributed by atoms with Crippen LogP contribution >= 0.6 is 12.4 Å². The van der Waals surface area contributed by atoms with E-state index in [4.69, 9.17) is 9.47 Å². The molecular formula is C16H23ClN2O3. The number of fused-ring (bicyclic) bond motifs is 2. The predicted octanol–water partition coefficient (Wildman–Crippen LogP) is 2.09. The number of ether oxygens (including phenoxy) is 2. The Labute approximate surface area is 137 Å². The summed E-state index contributed by atoms with van der Waals surface area (Å²) >= 11 is 0. The maximum atomic E-state index is 12.8. The summed E-state index contributed by atoms with van der Waals surface area (Å²) in [5, 5.41) is 3.59. The molecule has 1 amide bonds. The molecule has 1 aromatic rings. The average molecular weight is 327 g/mol. The van der Waals surface area contributed by atoms with Crippen LogP contribution < -0.4 is 14.8 Å². The summed E-state index contributed by atoms with van der Waals surface area (Å²) in [6, 6.07) is 6.35. The highest BCUT2D eigenvalue weighted by Gasteiger charge is 2.32. The first-order valence-corrected chi connectivity index (χ1v) is 7.48. The molecule has 0 aromatic heterocycles. The molecule has 2 aliphatic heterocycles. The summed E-state index contributed by atoms with van der Waals surface area (Å²) in [7, 11) is 3.19. The van der Waals surface area contributed by atoms with Crippen molar-refractivity contribution in [2.75, 3.05) is 27.3 Å². The van der Waals surface area contributed by atoms with Crippen LogP contribution in [0.2, 0.25) is 0 Å².